The number of carbonyl (C=O) groups excluding carboxylic acids is 1. The maximum absolute atomic E-state index is 11.4. The molecule has 0 aliphatic heterocycles. The fourth-order valence-corrected chi connectivity index (χ4v) is 1.50. The summed E-state index contributed by atoms with van der Waals surface area (Å²) in [6, 6.07) is 8.14. The quantitative estimate of drug-likeness (QED) is 0.827. The third-order valence-corrected chi connectivity index (χ3v) is 2.36. The number of amides is 1. The first-order valence-corrected chi connectivity index (χ1v) is 5.57. The Morgan fingerprint density at radius 1 is 1.50 bits per heavy atom. The predicted octanol–water partition coefficient (Wildman–Crippen LogP) is 2.21. The summed E-state index contributed by atoms with van der Waals surface area (Å²) >= 11 is 0. The van der Waals surface area contributed by atoms with Gasteiger partial charge in [-0.3, -0.25) is 4.79 Å². The van der Waals surface area contributed by atoms with Crippen LogP contribution in [0.15, 0.2) is 24.3 Å². The van der Waals surface area contributed by atoms with Crippen molar-refractivity contribution >= 4 is 5.91 Å². The van der Waals surface area contributed by atoms with Gasteiger partial charge in [0.05, 0.1) is 6.04 Å². The summed E-state index contributed by atoms with van der Waals surface area (Å²) in [4.78, 5) is 11.4. The molecule has 0 saturated heterocycles. The Hall–Kier alpha value is -1.35. The van der Waals surface area contributed by atoms with Crippen molar-refractivity contribution in [2.75, 3.05) is 13.2 Å². The van der Waals surface area contributed by atoms with Crippen LogP contribution in [0, 0.1) is 6.92 Å². The van der Waals surface area contributed by atoms with Gasteiger partial charge < -0.3 is 10.1 Å². The van der Waals surface area contributed by atoms with Crippen LogP contribution < -0.4 is 5.32 Å². The molecule has 0 heterocycles. The molecule has 88 valence electrons. The van der Waals surface area contributed by atoms with E-state index in [1.54, 1.807) is 0 Å². The van der Waals surface area contributed by atoms with Crippen molar-refractivity contribution in [1.29, 1.82) is 0 Å². The van der Waals surface area contributed by atoms with E-state index in [-0.39, 0.29) is 18.6 Å². The van der Waals surface area contributed by atoms with Crippen LogP contribution in [0.2, 0.25) is 0 Å². The molecule has 16 heavy (non-hydrogen) atoms. The predicted molar refractivity (Wildman–Crippen MR) is 64.2 cm³/mol. The van der Waals surface area contributed by atoms with Crippen molar-refractivity contribution < 1.29 is 9.53 Å². The monoisotopic (exact) mass is 221 g/mol. The van der Waals surface area contributed by atoms with Crippen LogP contribution in [0.1, 0.15) is 31.0 Å². The first-order valence-electron chi connectivity index (χ1n) is 5.57. The van der Waals surface area contributed by atoms with Crippen LogP contribution in [-0.2, 0) is 9.53 Å². The summed E-state index contributed by atoms with van der Waals surface area (Å²) in [5.41, 5.74) is 2.31. The molecule has 1 atom stereocenters. The molecule has 0 radical (unpaired) electrons. The highest BCUT2D eigenvalue weighted by molar-refractivity contribution is 5.77. The van der Waals surface area contributed by atoms with Gasteiger partial charge in [-0.2, -0.15) is 0 Å². The second-order valence-electron chi connectivity index (χ2n) is 3.84. The SMILES string of the molecule is CCOCC(=O)N[C@H](C)c1cccc(C)c1. The van der Waals surface area contributed by atoms with E-state index >= 15 is 0 Å². The molecule has 0 spiro atoms. The summed E-state index contributed by atoms with van der Waals surface area (Å²) < 4.78 is 5.04. The largest absolute Gasteiger partial charge is 0.372 e. The van der Waals surface area contributed by atoms with Crippen molar-refractivity contribution in [2.24, 2.45) is 0 Å². The number of ether oxygens (including phenoxy) is 1. The third-order valence-electron chi connectivity index (χ3n) is 2.36. The fourth-order valence-electron chi connectivity index (χ4n) is 1.50. The van der Waals surface area contributed by atoms with Crippen LogP contribution in [0.3, 0.4) is 0 Å². The van der Waals surface area contributed by atoms with Gasteiger partial charge in [-0.25, -0.2) is 0 Å². The van der Waals surface area contributed by atoms with E-state index in [9.17, 15) is 4.79 Å². The van der Waals surface area contributed by atoms with Crippen LogP contribution in [0.4, 0.5) is 0 Å². The highest BCUT2D eigenvalue weighted by atomic mass is 16.5. The normalized spacial score (nSPS) is 12.2. The van der Waals surface area contributed by atoms with Gasteiger partial charge in [0.2, 0.25) is 5.91 Å². The molecule has 0 aromatic heterocycles. The lowest BCUT2D eigenvalue weighted by atomic mass is 10.1. The Kier molecular flexibility index (Phi) is 4.99. The van der Waals surface area contributed by atoms with E-state index in [0.717, 1.165) is 5.56 Å². The summed E-state index contributed by atoms with van der Waals surface area (Å²) in [5.74, 6) is -0.0733. The average Bonchev–Trinajstić information content (AvgIpc) is 2.26. The number of benzene rings is 1. The van der Waals surface area contributed by atoms with E-state index in [4.69, 9.17) is 4.74 Å². The highest BCUT2D eigenvalue weighted by Crippen LogP contribution is 2.13. The van der Waals surface area contributed by atoms with Crippen LogP contribution in [-0.4, -0.2) is 19.1 Å². The van der Waals surface area contributed by atoms with Crippen molar-refractivity contribution in [3.8, 4) is 0 Å². The van der Waals surface area contributed by atoms with Crippen LogP contribution in [0.5, 0.6) is 0 Å². The van der Waals surface area contributed by atoms with E-state index in [1.807, 2.05) is 39.0 Å². The van der Waals surface area contributed by atoms with Gasteiger partial charge in [0.25, 0.3) is 0 Å². The van der Waals surface area contributed by atoms with Gasteiger partial charge in [0.15, 0.2) is 0 Å². The van der Waals surface area contributed by atoms with Crippen molar-refractivity contribution in [2.45, 2.75) is 26.8 Å². The number of aryl methyl sites for hydroxylation is 1. The summed E-state index contributed by atoms with van der Waals surface area (Å²) in [6.45, 7) is 6.58. The average molecular weight is 221 g/mol. The number of hydrogen-bond donors (Lipinski definition) is 1. The smallest absolute Gasteiger partial charge is 0.246 e. The molecule has 3 nitrogen and oxygen atoms in total. The number of carbonyl (C=O) groups is 1. The molecular weight excluding hydrogens is 202 g/mol. The molecular formula is C13H19NO2. The molecule has 3 heteroatoms. The van der Waals surface area contributed by atoms with Gasteiger partial charge in [-0.05, 0) is 26.3 Å². The van der Waals surface area contributed by atoms with Gasteiger partial charge in [-0.1, -0.05) is 29.8 Å². The Balaban J connectivity index is 2.52. The van der Waals surface area contributed by atoms with E-state index in [0.29, 0.717) is 6.61 Å². The van der Waals surface area contributed by atoms with Crippen LogP contribution in [0.25, 0.3) is 0 Å². The lowest BCUT2D eigenvalue weighted by Crippen LogP contribution is -2.30. The number of rotatable bonds is 5. The summed E-state index contributed by atoms with van der Waals surface area (Å²) in [5, 5.41) is 2.89. The zero-order valence-electron chi connectivity index (χ0n) is 10.1. The summed E-state index contributed by atoms with van der Waals surface area (Å²) in [7, 11) is 0. The molecule has 1 amide bonds. The lowest BCUT2D eigenvalue weighted by molar-refractivity contribution is -0.126. The maximum atomic E-state index is 11.4. The van der Waals surface area contributed by atoms with Gasteiger partial charge >= 0.3 is 0 Å². The molecule has 1 aromatic carbocycles. The van der Waals surface area contributed by atoms with E-state index in [1.165, 1.54) is 5.56 Å². The zero-order chi connectivity index (χ0) is 12.0. The molecule has 0 aliphatic carbocycles. The van der Waals surface area contributed by atoms with Crippen molar-refractivity contribution in [3.05, 3.63) is 35.4 Å². The van der Waals surface area contributed by atoms with Crippen LogP contribution >= 0.6 is 0 Å². The first kappa shape index (κ1) is 12.7. The van der Waals surface area contributed by atoms with Gasteiger partial charge in [0, 0.05) is 6.61 Å². The van der Waals surface area contributed by atoms with E-state index in [2.05, 4.69) is 11.4 Å². The molecule has 0 aliphatic rings. The topological polar surface area (TPSA) is 38.3 Å². The molecule has 0 saturated carbocycles. The molecule has 1 rings (SSSR count). The van der Waals surface area contributed by atoms with Gasteiger partial charge in [0.1, 0.15) is 6.61 Å². The minimum absolute atomic E-state index is 0.0212. The zero-order valence-corrected chi connectivity index (χ0v) is 10.1. The second kappa shape index (κ2) is 6.28. The Morgan fingerprint density at radius 2 is 2.25 bits per heavy atom. The van der Waals surface area contributed by atoms with Crippen molar-refractivity contribution in [1.82, 2.24) is 5.32 Å². The minimum atomic E-state index is -0.0733. The lowest BCUT2D eigenvalue weighted by Gasteiger charge is -2.14. The standard InChI is InChI=1S/C13H19NO2/c1-4-16-9-13(15)14-11(3)12-7-5-6-10(2)8-12/h5-8,11H,4,9H2,1-3H3,(H,14,15)/t11-/m1/s1. The third kappa shape index (κ3) is 4.03. The molecule has 1 N–H and O–H groups in total. The molecule has 0 bridgehead atoms. The molecule has 0 fully saturated rings. The summed E-state index contributed by atoms with van der Waals surface area (Å²) in [6.07, 6.45) is 0. The van der Waals surface area contributed by atoms with E-state index < -0.39 is 0 Å². The second-order valence-corrected chi connectivity index (χ2v) is 3.84. The van der Waals surface area contributed by atoms with Gasteiger partial charge in [-0.15, -0.1) is 0 Å². The molecule has 0 unspecified atom stereocenters. The number of hydrogen-bond acceptors (Lipinski definition) is 2. The Labute approximate surface area is 96.8 Å². The molecule has 1 aromatic rings. The minimum Gasteiger partial charge on any atom is -0.372 e. The fraction of sp³-hybridized carbons (Fsp3) is 0.462. The maximum Gasteiger partial charge on any atom is 0.246 e. The highest BCUT2D eigenvalue weighted by Gasteiger charge is 2.08. The Morgan fingerprint density at radius 3 is 2.88 bits per heavy atom. The first-order chi connectivity index (χ1) is 7.63. The van der Waals surface area contributed by atoms with Crippen molar-refractivity contribution in [3.63, 3.8) is 0 Å². The number of nitrogens with one attached hydrogen (secondary N) is 1. The Bertz CT molecular complexity index is 350.